The minimum atomic E-state index is -0.203. The Morgan fingerprint density at radius 2 is 2.00 bits per heavy atom. The Balaban J connectivity index is 3.14. The molecule has 0 saturated carbocycles. The van der Waals surface area contributed by atoms with Crippen LogP contribution in [0.25, 0.3) is 0 Å². The van der Waals surface area contributed by atoms with Gasteiger partial charge in [0.1, 0.15) is 0 Å². The zero-order valence-electron chi connectivity index (χ0n) is 8.09. The monoisotopic (exact) mass is 237 g/mol. The van der Waals surface area contributed by atoms with E-state index >= 15 is 0 Å². The summed E-state index contributed by atoms with van der Waals surface area (Å²) in [5.41, 5.74) is 0. The van der Waals surface area contributed by atoms with Crippen molar-refractivity contribution in [3.05, 3.63) is 0 Å². The zero-order chi connectivity index (χ0) is 9.40. The number of hydrogen-bond acceptors (Lipinski definition) is 2. The molecular weight excluding hydrogens is 218 g/mol. The van der Waals surface area contributed by atoms with E-state index in [-0.39, 0.29) is 6.10 Å². The molecule has 0 aliphatic rings. The highest BCUT2D eigenvalue weighted by Gasteiger charge is 2.01. The number of halogens is 1. The standard InChI is InChI=1S/C9H20BrNO/c1-9(12)8-11(2)7-5-3-4-6-10/h9,12H,3-8H2,1-2H3. The highest BCUT2D eigenvalue weighted by atomic mass is 79.9. The van der Waals surface area contributed by atoms with Crippen molar-refractivity contribution < 1.29 is 5.11 Å². The van der Waals surface area contributed by atoms with Gasteiger partial charge < -0.3 is 10.0 Å². The van der Waals surface area contributed by atoms with Crippen molar-refractivity contribution in [2.24, 2.45) is 0 Å². The van der Waals surface area contributed by atoms with E-state index in [0.717, 1.165) is 18.4 Å². The minimum absolute atomic E-state index is 0.203. The Bertz CT molecular complexity index is 98.5. The van der Waals surface area contributed by atoms with Gasteiger partial charge in [-0.15, -0.1) is 0 Å². The number of hydrogen-bond donors (Lipinski definition) is 1. The van der Waals surface area contributed by atoms with Gasteiger partial charge in [-0.1, -0.05) is 22.4 Å². The average molecular weight is 238 g/mol. The van der Waals surface area contributed by atoms with Gasteiger partial charge in [0.25, 0.3) is 0 Å². The quantitative estimate of drug-likeness (QED) is 0.540. The third-order valence-corrected chi connectivity index (χ3v) is 2.31. The number of alkyl halides is 1. The summed E-state index contributed by atoms with van der Waals surface area (Å²) in [4.78, 5) is 2.18. The lowest BCUT2D eigenvalue weighted by molar-refractivity contribution is 0.140. The molecule has 0 heterocycles. The van der Waals surface area contributed by atoms with Crippen LogP contribution in [0.15, 0.2) is 0 Å². The second kappa shape index (κ2) is 8.02. The van der Waals surface area contributed by atoms with Crippen LogP contribution < -0.4 is 0 Å². The molecule has 2 nitrogen and oxygen atoms in total. The molecule has 0 aromatic carbocycles. The summed E-state index contributed by atoms with van der Waals surface area (Å²) in [7, 11) is 2.06. The van der Waals surface area contributed by atoms with E-state index in [1.54, 1.807) is 0 Å². The summed E-state index contributed by atoms with van der Waals surface area (Å²) in [5, 5.41) is 10.2. The molecule has 12 heavy (non-hydrogen) atoms. The fourth-order valence-electron chi connectivity index (χ4n) is 1.20. The Morgan fingerprint density at radius 1 is 1.33 bits per heavy atom. The maximum Gasteiger partial charge on any atom is 0.0638 e. The third kappa shape index (κ3) is 8.50. The van der Waals surface area contributed by atoms with Gasteiger partial charge in [0.15, 0.2) is 0 Å². The van der Waals surface area contributed by atoms with Gasteiger partial charge in [0, 0.05) is 11.9 Å². The van der Waals surface area contributed by atoms with Gasteiger partial charge in [0.2, 0.25) is 0 Å². The summed E-state index contributed by atoms with van der Waals surface area (Å²) in [6.07, 6.45) is 3.55. The highest BCUT2D eigenvalue weighted by molar-refractivity contribution is 9.09. The number of likely N-dealkylation sites (N-methyl/N-ethyl adjacent to an activating group) is 1. The molecule has 0 radical (unpaired) electrons. The van der Waals surface area contributed by atoms with Crippen molar-refractivity contribution in [2.45, 2.75) is 32.3 Å². The first-order valence-corrected chi connectivity index (χ1v) is 5.71. The minimum Gasteiger partial charge on any atom is -0.392 e. The van der Waals surface area contributed by atoms with Crippen LogP contribution >= 0.6 is 15.9 Å². The van der Waals surface area contributed by atoms with E-state index in [9.17, 15) is 0 Å². The molecule has 0 aromatic heterocycles. The van der Waals surface area contributed by atoms with Crippen LogP contribution in [0.1, 0.15) is 26.2 Å². The summed E-state index contributed by atoms with van der Waals surface area (Å²) in [6.45, 7) is 3.71. The summed E-state index contributed by atoms with van der Waals surface area (Å²) in [6, 6.07) is 0. The number of unbranched alkanes of at least 4 members (excludes halogenated alkanes) is 2. The molecule has 0 aliphatic carbocycles. The molecule has 0 fully saturated rings. The van der Waals surface area contributed by atoms with Crippen LogP contribution in [0.2, 0.25) is 0 Å². The van der Waals surface area contributed by atoms with Crippen molar-refractivity contribution in [2.75, 3.05) is 25.5 Å². The van der Waals surface area contributed by atoms with Crippen LogP contribution in [-0.4, -0.2) is 41.6 Å². The fourth-order valence-corrected chi connectivity index (χ4v) is 1.59. The predicted octanol–water partition coefficient (Wildman–Crippen LogP) is 1.86. The van der Waals surface area contributed by atoms with Crippen LogP contribution in [0, 0.1) is 0 Å². The first kappa shape index (κ1) is 12.4. The van der Waals surface area contributed by atoms with Crippen molar-refractivity contribution >= 4 is 15.9 Å². The first-order chi connectivity index (χ1) is 5.66. The lowest BCUT2D eigenvalue weighted by Crippen LogP contribution is -2.28. The van der Waals surface area contributed by atoms with E-state index < -0.39 is 0 Å². The van der Waals surface area contributed by atoms with Gasteiger partial charge in [0.05, 0.1) is 6.10 Å². The van der Waals surface area contributed by atoms with Gasteiger partial charge in [-0.25, -0.2) is 0 Å². The smallest absolute Gasteiger partial charge is 0.0638 e. The van der Waals surface area contributed by atoms with Crippen molar-refractivity contribution in [3.8, 4) is 0 Å². The molecular formula is C9H20BrNO. The topological polar surface area (TPSA) is 23.5 Å². The molecule has 1 N–H and O–H groups in total. The van der Waals surface area contributed by atoms with Crippen LogP contribution in [0.5, 0.6) is 0 Å². The molecule has 0 amide bonds. The molecule has 1 unspecified atom stereocenters. The molecule has 0 aromatic rings. The first-order valence-electron chi connectivity index (χ1n) is 4.59. The SMILES string of the molecule is CC(O)CN(C)CCCCCBr. The molecule has 0 saturated heterocycles. The normalized spacial score (nSPS) is 13.8. The predicted molar refractivity (Wildman–Crippen MR) is 56.8 cm³/mol. The third-order valence-electron chi connectivity index (χ3n) is 1.75. The van der Waals surface area contributed by atoms with Crippen LogP contribution in [-0.2, 0) is 0 Å². The van der Waals surface area contributed by atoms with Gasteiger partial charge in [-0.05, 0) is 33.4 Å². The van der Waals surface area contributed by atoms with Crippen molar-refractivity contribution in [1.82, 2.24) is 4.90 Å². The Morgan fingerprint density at radius 3 is 2.50 bits per heavy atom. The van der Waals surface area contributed by atoms with E-state index in [1.165, 1.54) is 19.3 Å². The van der Waals surface area contributed by atoms with E-state index in [2.05, 4.69) is 27.9 Å². The van der Waals surface area contributed by atoms with Crippen LogP contribution in [0.3, 0.4) is 0 Å². The van der Waals surface area contributed by atoms with Crippen molar-refractivity contribution in [3.63, 3.8) is 0 Å². The molecule has 0 rings (SSSR count). The van der Waals surface area contributed by atoms with E-state index in [0.29, 0.717) is 0 Å². The second-order valence-corrected chi connectivity index (χ2v) is 4.15. The molecule has 1 atom stereocenters. The summed E-state index contributed by atoms with van der Waals surface area (Å²) < 4.78 is 0. The Hall–Kier alpha value is 0.400. The molecule has 74 valence electrons. The maximum absolute atomic E-state index is 9.08. The lowest BCUT2D eigenvalue weighted by Gasteiger charge is -2.17. The highest BCUT2D eigenvalue weighted by Crippen LogP contribution is 2.00. The molecule has 0 spiro atoms. The second-order valence-electron chi connectivity index (χ2n) is 3.36. The summed E-state index contributed by atoms with van der Waals surface area (Å²) in [5.74, 6) is 0. The molecule has 0 bridgehead atoms. The van der Waals surface area contributed by atoms with Crippen LogP contribution in [0.4, 0.5) is 0 Å². The lowest BCUT2D eigenvalue weighted by atomic mass is 10.2. The molecule has 3 heteroatoms. The van der Waals surface area contributed by atoms with Gasteiger partial charge in [-0.2, -0.15) is 0 Å². The van der Waals surface area contributed by atoms with Gasteiger partial charge >= 0.3 is 0 Å². The fraction of sp³-hybridized carbons (Fsp3) is 1.00. The summed E-state index contributed by atoms with van der Waals surface area (Å²) >= 11 is 3.40. The number of rotatable bonds is 7. The van der Waals surface area contributed by atoms with E-state index in [1.807, 2.05) is 6.92 Å². The maximum atomic E-state index is 9.08. The van der Waals surface area contributed by atoms with Gasteiger partial charge in [-0.3, -0.25) is 0 Å². The average Bonchev–Trinajstić information content (AvgIpc) is 1.97. The van der Waals surface area contributed by atoms with E-state index in [4.69, 9.17) is 5.11 Å². The number of nitrogens with zero attached hydrogens (tertiary/aromatic N) is 1. The molecule has 0 aliphatic heterocycles. The Kier molecular flexibility index (Phi) is 8.29. The Labute approximate surface area is 84.1 Å². The largest absolute Gasteiger partial charge is 0.392 e. The van der Waals surface area contributed by atoms with Crippen molar-refractivity contribution in [1.29, 1.82) is 0 Å². The zero-order valence-corrected chi connectivity index (χ0v) is 9.68. The number of aliphatic hydroxyl groups is 1. The number of aliphatic hydroxyl groups excluding tert-OH is 1.